The molecular weight excluding hydrogens is 280 g/mol. The molecule has 3 rings (SSSR count). The van der Waals surface area contributed by atoms with E-state index in [9.17, 15) is 4.79 Å². The van der Waals surface area contributed by atoms with E-state index in [1.165, 1.54) is 0 Å². The fourth-order valence-corrected chi connectivity index (χ4v) is 4.32. The summed E-state index contributed by atoms with van der Waals surface area (Å²) in [5, 5.41) is 0.700. The van der Waals surface area contributed by atoms with Gasteiger partial charge >= 0.3 is 0 Å². The van der Waals surface area contributed by atoms with Gasteiger partial charge in [-0.25, -0.2) is 0 Å². The van der Waals surface area contributed by atoms with Crippen molar-refractivity contribution < 1.29 is 9.53 Å². The van der Waals surface area contributed by atoms with E-state index in [4.69, 9.17) is 16.3 Å². The Hall–Kier alpha value is -0.770. The molecule has 0 saturated carbocycles. The summed E-state index contributed by atoms with van der Waals surface area (Å²) in [7, 11) is 0. The second kappa shape index (κ2) is 4.37. The van der Waals surface area contributed by atoms with Crippen molar-refractivity contribution in [1.29, 1.82) is 0 Å². The SMILES string of the molecule is C=C1[C@@H](Sc2ccc(Cl)cc2)[C@@]2(C)O[C@@H]1[C@H](C)C2=O. The first kappa shape index (κ1) is 13.2. The molecule has 100 valence electrons. The third-order valence-electron chi connectivity index (χ3n) is 4.00. The van der Waals surface area contributed by atoms with E-state index >= 15 is 0 Å². The molecule has 0 aromatic heterocycles. The Kier molecular flexibility index (Phi) is 3.04. The highest BCUT2D eigenvalue weighted by atomic mass is 35.5. The molecule has 2 fully saturated rings. The molecule has 1 aromatic carbocycles. The molecule has 4 atom stereocenters. The zero-order chi connectivity index (χ0) is 13.8. The van der Waals surface area contributed by atoms with Gasteiger partial charge in [-0.15, -0.1) is 11.8 Å². The first-order valence-corrected chi connectivity index (χ1v) is 7.52. The molecule has 2 saturated heterocycles. The molecule has 0 radical (unpaired) electrons. The van der Waals surface area contributed by atoms with Gasteiger partial charge in [-0.05, 0) is 36.8 Å². The van der Waals surface area contributed by atoms with Crippen LogP contribution in [0.2, 0.25) is 5.02 Å². The van der Waals surface area contributed by atoms with Crippen molar-refractivity contribution in [3.63, 3.8) is 0 Å². The zero-order valence-electron chi connectivity index (χ0n) is 10.9. The van der Waals surface area contributed by atoms with Crippen molar-refractivity contribution in [2.24, 2.45) is 5.92 Å². The number of fused-ring (bicyclic) bond motifs is 2. The maximum atomic E-state index is 12.3. The van der Waals surface area contributed by atoms with Crippen LogP contribution < -0.4 is 0 Å². The lowest BCUT2D eigenvalue weighted by molar-refractivity contribution is -0.129. The highest BCUT2D eigenvalue weighted by Crippen LogP contribution is 2.53. The molecule has 0 unspecified atom stereocenters. The van der Waals surface area contributed by atoms with Gasteiger partial charge in [-0.2, -0.15) is 0 Å². The number of hydrogen-bond acceptors (Lipinski definition) is 3. The number of thioether (sulfide) groups is 1. The normalized spacial score (nSPS) is 37.1. The van der Waals surface area contributed by atoms with E-state index in [0.29, 0.717) is 5.02 Å². The summed E-state index contributed by atoms with van der Waals surface area (Å²) in [5.41, 5.74) is 0.292. The van der Waals surface area contributed by atoms with Crippen molar-refractivity contribution in [3.05, 3.63) is 41.4 Å². The Morgan fingerprint density at radius 2 is 2.00 bits per heavy atom. The van der Waals surface area contributed by atoms with Crippen LogP contribution in [0.1, 0.15) is 13.8 Å². The Labute approximate surface area is 122 Å². The highest BCUT2D eigenvalue weighted by Gasteiger charge is 2.62. The van der Waals surface area contributed by atoms with E-state index < -0.39 is 5.60 Å². The summed E-state index contributed by atoms with van der Waals surface area (Å²) in [5.74, 6) is 0.121. The first-order chi connectivity index (χ1) is 8.93. The van der Waals surface area contributed by atoms with Gasteiger partial charge in [0.2, 0.25) is 0 Å². The number of carbonyl (C=O) groups excluding carboxylic acids is 1. The minimum atomic E-state index is -0.731. The third kappa shape index (κ3) is 1.87. The van der Waals surface area contributed by atoms with Gasteiger partial charge in [0.25, 0.3) is 0 Å². The summed E-state index contributed by atoms with van der Waals surface area (Å²) in [6.45, 7) is 7.95. The van der Waals surface area contributed by atoms with Crippen LogP contribution in [-0.2, 0) is 9.53 Å². The Balaban J connectivity index is 1.88. The van der Waals surface area contributed by atoms with Gasteiger partial charge in [0.1, 0.15) is 5.60 Å². The van der Waals surface area contributed by atoms with Gasteiger partial charge in [0.15, 0.2) is 5.78 Å². The van der Waals surface area contributed by atoms with Crippen LogP contribution in [0.25, 0.3) is 0 Å². The quantitative estimate of drug-likeness (QED) is 0.778. The minimum absolute atomic E-state index is 0.0117. The Bertz CT molecular complexity index is 554. The van der Waals surface area contributed by atoms with Crippen molar-refractivity contribution in [2.45, 2.75) is 35.7 Å². The number of carbonyl (C=O) groups is 1. The van der Waals surface area contributed by atoms with Crippen molar-refractivity contribution in [1.82, 2.24) is 0 Å². The molecule has 2 aliphatic rings. The predicted molar refractivity (Wildman–Crippen MR) is 77.7 cm³/mol. The van der Waals surface area contributed by atoms with Crippen LogP contribution in [0.3, 0.4) is 0 Å². The molecule has 0 aliphatic carbocycles. The maximum absolute atomic E-state index is 12.3. The van der Waals surface area contributed by atoms with Crippen molar-refractivity contribution in [3.8, 4) is 0 Å². The topological polar surface area (TPSA) is 26.3 Å². The van der Waals surface area contributed by atoms with Crippen LogP contribution in [0.15, 0.2) is 41.3 Å². The lowest BCUT2D eigenvalue weighted by Gasteiger charge is -2.30. The summed E-state index contributed by atoms with van der Waals surface area (Å²) >= 11 is 7.52. The molecule has 0 N–H and O–H groups in total. The fourth-order valence-electron chi connectivity index (χ4n) is 2.94. The monoisotopic (exact) mass is 294 g/mol. The summed E-state index contributed by atoms with van der Waals surface area (Å²) in [6.07, 6.45) is -0.123. The largest absolute Gasteiger partial charge is 0.358 e. The van der Waals surface area contributed by atoms with Crippen LogP contribution in [0.4, 0.5) is 0 Å². The molecule has 4 heteroatoms. The number of hydrogen-bond donors (Lipinski definition) is 0. The Morgan fingerprint density at radius 3 is 2.58 bits per heavy atom. The molecule has 2 heterocycles. The number of ether oxygens (including phenoxy) is 1. The molecular formula is C15H15ClO2S. The zero-order valence-corrected chi connectivity index (χ0v) is 12.4. The molecule has 19 heavy (non-hydrogen) atoms. The van der Waals surface area contributed by atoms with Crippen LogP contribution in [0.5, 0.6) is 0 Å². The number of rotatable bonds is 2. The summed E-state index contributed by atoms with van der Waals surface area (Å²) in [6, 6.07) is 7.63. The van der Waals surface area contributed by atoms with Gasteiger partial charge in [0, 0.05) is 15.8 Å². The minimum Gasteiger partial charge on any atom is -0.358 e. The van der Waals surface area contributed by atoms with E-state index in [1.54, 1.807) is 11.8 Å². The fraction of sp³-hybridized carbons (Fsp3) is 0.400. The van der Waals surface area contributed by atoms with Gasteiger partial charge in [-0.1, -0.05) is 25.1 Å². The number of halogens is 1. The standard InChI is InChI=1S/C15H15ClO2S/c1-8-12-9(2)14(15(3,18-12)13(8)17)19-11-6-4-10(16)5-7-11/h4-8,12,14H,2H2,1,3H3/t8-,12+,14+,15-/m0/s1. The molecule has 0 amide bonds. The summed E-state index contributed by atoms with van der Waals surface area (Å²) < 4.78 is 5.91. The van der Waals surface area contributed by atoms with Crippen molar-refractivity contribution >= 4 is 29.1 Å². The molecule has 2 nitrogen and oxygen atoms in total. The number of ketones is 1. The van der Waals surface area contributed by atoms with E-state index in [0.717, 1.165) is 10.5 Å². The summed E-state index contributed by atoms with van der Waals surface area (Å²) in [4.78, 5) is 13.4. The second-order valence-corrected chi connectivity index (χ2v) is 6.94. The average Bonchev–Trinajstić information content (AvgIpc) is 2.77. The van der Waals surface area contributed by atoms with Gasteiger partial charge in [0.05, 0.1) is 11.4 Å². The number of Topliss-reactive ketones (excluding diaryl/α,β-unsaturated/α-hetero) is 1. The van der Waals surface area contributed by atoms with Crippen molar-refractivity contribution in [2.75, 3.05) is 0 Å². The Morgan fingerprint density at radius 1 is 1.37 bits per heavy atom. The first-order valence-electron chi connectivity index (χ1n) is 6.26. The van der Waals surface area contributed by atoms with E-state index in [2.05, 4.69) is 6.58 Å². The van der Waals surface area contributed by atoms with E-state index in [-0.39, 0.29) is 23.1 Å². The molecule has 2 bridgehead atoms. The van der Waals surface area contributed by atoms with Crippen LogP contribution in [-0.4, -0.2) is 22.7 Å². The van der Waals surface area contributed by atoms with Crippen LogP contribution >= 0.6 is 23.4 Å². The van der Waals surface area contributed by atoms with Gasteiger partial charge < -0.3 is 4.74 Å². The second-order valence-electron chi connectivity index (χ2n) is 5.33. The smallest absolute Gasteiger partial charge is 0.171 e. The predicted octanol–water partition coefficient (Wildman–Crippen LogP) is 3.73. The number of benzene rings is 1. The average molecular weight is 295 g/mol. The van der Waals surface area contributed by atoms with Crippen LogP contribution in [0, 0.1) is 5.92 Å². The lowest BCUT2D eigenvalue weighted by atomic mass is 9.79. The van der Waals surface area contributed by atoms with Gasteiger partial charge in [-0.3, -0.25) is 4.79 Å². The molecule has 1 aromatic rings. The molecule has 0 spiro atoms. The maximum Gasteiger partial charge on any atom is 0.171 e. The lowest BCUT2D eigenvalue weighted by Crippen LogP contribution is -2.45. The third-order valence-corrected chi connectivity index (χ3v) is 5.78. The highest BCUT2D eigenvalue weighted by molar-refractivity contribution is 8.00. The van der Waals surface area contributed by atoms with E-state index in [1.807, 2.05) is 38.1 Å². The molecule has 2 aliphatic heterocycles.